The summed E-state index contributed by atoms with van der Waals surface area (Å²) in [6.07, 6.45) is 2.42. The maximum atomic E-state index is 13.0. The molecule has 0 spiro atoms. The van der Waals surface area contributed by atoms with Crippen LogP contribution in [0.25, 0.3) is 11.0 Å². The van der Waals surface area contributed by atoms with Gasteiger partial charge in [0.25, 0.3) is 0 Å². The van der Waals surface area contributed by atoms with Gasteiger partial charge in [-0.3, -0.25) is 4.90 Å². The predicted octanol–water partition coefficient (Wildman–Crippen LogP) is 4.71. The number of H-pyrrole nitrogens is 1. The Morgan fingerprint density at radius 1 is 1.22 bits per heavy atom. The Morgan fingerprint density at radius 3 is 2.47 bits per heavy atom. The number of ether oxygens (including phenoxy) is 1. The molecule has 2 fully saturated rings. The summed E-state index contributed by atoms with van der Waals surface area (Å²) in [5.41, 5.74) is 1.42. The SMILES string of the molecule is CC[C@H]1CCC(c2nc3ccc(B4OC(C)(C)C(C)(C)O4)cc3[nH]2)N1C(=O)OC(C)(C)C. The quantitative estimate of drug-likeness (QED) is 0.698. The van der Waals surface area contributed by atoms with E-state index in [9.17, 15) is 4.79 Å². The number of benzene rings is 1. The molecule has 0 bridgehead atoms. The number of carbonyl (C=O) groups excluding carboxylic acids is 1. The van der Waals surface area contributed by atoms with Gasteiger partial charge >= 0.3 is 13.2 Å². The van der Waals surface area contributed by atoms with E-state index in [1.54, 1.807) is 0 Å². The van der Waals surface area contributed by atoms with Gasteiger partial charge in [-0.15, -0.1) is 0 Å². The first kappa shape index (κ1) is 23.1. The van der Waals surface area contributed by atoms with Crippen molar-refractivity contribution in [2.24, 2.45) is 0 Å². The molecule has 2 aliphatic rings. The third kappa shape index (κ3) is 4.15. The monoisotopic (exact) mass is 441 g/mol. The molecular formula is C24H36BN3O4. The molecule has 0 aliphatic carbocycles. The van der Waals surface area contributed by atoms with Crippen LogP contribution in [0.2, 0.25) is 0 Å². The van der Waals surface area contributed by atoms with Crippen molar-refractivity contribution in [3.05, 3.63) is 24.0 Å². The van der Waals surface area contributed by atoms with Crippen LogP contribution in [-0.4, -0.2) is 50.9 Å². The summed E-state index contributed by atoms with van der Waals surface area (Å²) in [7, 11) is -0.426. The number of carbonyl (C=O) groups is 1. The van der Waals surface area contributed by atoms with Crippen LogP contribution in [-0.2, 0) is 14.0 Å². The lowest BCUT2D eigenvalue weighted by atomic mass is 9.79. The average Bonchev–Trinajstić information content (AvgIpc) is 3.33. The second-order valence-corrected chi connectivity index (χ2v) is 11.0. The maximum absolute atomic E-state index is 13.0. The minimum Gasteiger partial charge on any atom is -0.444 e. The average molecular weight is 441 g/mol. The Labute approximate surface area is 191 Å². The van der Waals surface area contributed by atoms with E-state index < -0.39 is 23.9 Å². The van der Waals surface area contributed by atoms with Crippen molar-refractivity contribution >= 4 is 29.7 Å². The molecule has 1 amide bonds. The lowest BCUT2D eigenvalue weighted by Crippen LogP contribution is -2.41. The van der Waals surface area contributed by atoms with Crippen LogP contribution in [0.3, 0.4) is 0 Å². The second kappa shape index (κ2) is 7.77. The standard InChI is InChI=1S/C24H36BN3O4/c1-9-16-11-13-19(28(16)21(29)30-22(2,3)4)20-26-17-12-10-15(14-18(17)27-20)25-31-23(5,6)24(7,8)32-25/h10,12,14,16,19H,9,11,13H2,1-8H3,(H,26,27)/t16-,19?/m0/s1. The van der Waals surface area contributed by atoms with Gasteiger partial charge in [0, 0.05) is 6.04 Å². The van der Waals surface area contributed by atoms with E-state index in [4.69, 9.17) is 19.0 Å². The molecule has 8 heteroatoms. The minimum absolute atomic E-state index is 0.123. The zero-order valence-corrected chi connectivity index (χ0v) is 20.6. The van der Waals surface area contributed by atoms with Crippen molar-refractivity contribution in [3.8, 4) is 0 Å². The lowest BCUT2D eigenvalue weighted by molar-refractivity contribution is 0.00578. The zero-order chi connectivity index (χ0) is 23.5. The van der Waals surface area contributed by atoms with E-state index in [1.165, 1.54) is 0 Å². The van der Waals surface area contributed by atoms with Gasteiger partial charge in [-0.1, -0.05) is 13.0 Å². The number of imidazole rings is 1. The molecule has 2 aromatic rings. The largest absolute Gasteiger partial charge is 0.494 e. The van der Waals surface area contributed by atoms with Crippen molar-refractivity contribution in [1.82, 2.24) is 14.9 Å². The summed E-state index contributed by atoms with van der Waals surface area (Å²) in [4.78, 5) is 23.2. The first-order valence-corrected chi connectivity index (χ1v) is 11.7. The Kier molecular flexibility index (Phi) is 5.61. The molecule has 174 valence electrons. The molecule has 7 nitrogen and oxygen atoms in total. The smallest absolute Gasteiger partial charge is 0.444 e. The van der Waals surface area contributed by atoms with Gasteiger partial charge in [-0.2, -0.15) is 0 Å². The van der Waals surface area contributed by atoms with Crippen molar-refractivity contribution in [2.75, 3.05) is 0 Å². The van der Waals surface area contributed by atoms with E-state index in [-0.39, 0.29) is 18.2 Å². The van der Waals surface area contributed by atoms with E-state index >= 15 is 0 Å². The third-order valence-corrected chi connectivity index (χ3v) is 6.94. The van der Waals surface area contributed by atoms with Gasteiger partial charge in [0.05, 0.1) is 28.3 Å². The lowest BCUT2D eigenvalue weighted by Gasteiger charge is -2.32. The summed E-state index contributed by atoms with van der Waals surface area (Å²) < 4.78 is 18.1. The molecule has 2 saturated heterocycles. The van der Waals surface area contributed by atoms with E-state index in [0.29, 0.717) is 0 Å². The highest BCUT2D eigenvalue weighted by Gasteiger charge is 2.51. The van der Waals surface area contributed by atoms with Crippen molar-refractivity contribution < 1.29 is 18.8 Å². The fourth-order valence-electron chi connectivity index (χ4n) is 4.47. The molecule has 2 atom stereocenters. The Hall–Kier alpha value is -2.06. The normalized spacial score (nSPS) is 25.0. The zero-order valence-electron chi connectivity index (χ0n) is 20.6. The summed E-state index contributed by atoms with van der Waals surface area (Å²) in [6.45, 7) is 16.0. The molecule has 0 saturated carbocycles. The number of likely N-dealkylation sites (tertiary alicyclic amines) is 1. The molecule has 1 N–H and O–H groups in total. The summed E-state index contributed by atoms with van der Waals surface area (Å²) in [5.74, 6) is 0.799. The molecule has 2 aliphatic heterocycles. The van der Waals surface area contributed by atoms with E-state index in [1.807, 2.05) is 43.9 Å². The first-order chi connectivity index (χ1) is 14.8. The Bertz CT molecular complexity index is 994. The van der Waals surface area contributed by atoms with Gasteiger partial charge < -0.3 is 19.0 Å². The number of nitrogens with zero attached hydrogens (tertiary/aromatic N) is 2. The topological polar surface area (TPSA) is 76.7 Å². The van der Waals surface area contributed by atoms with Crippen LogP contribution >= 0.6 is 0 Å². The summed E-state index contributed by atoms with van der Waals surface area (Å²) in [6, 6.07) is 6.06. The van der Waals surface area contributed by atoms with Gasteiger partial charge in [-0.05, 0) is 85.3 Å². The second-order valence-electron chi connectivity index (χ2n) is 11.0. The highest BCUT2D eigenvalue weighted by molar-refractivity contribution is 6.62. The summed E-state index contributed by atoms with van der Waals surface area (Å²) in [5, 5.41) is 0. The van der Waals surface area contributed by atoms with Crippen molar-refractivity contribution in [2.45, 2.75) is 104 Å². The van der Waals surface area contributed by atoms with Crippen molar-refractivity contribution in [3.63, 3.8) is 0 Å². The number of fused-ring (bicyclic) bond motifs is 1. The van der Waals surface area contributed by atoms with Crippen LogP contribution in [0.4, 0.5) is 4.79 Å². The van der Waals surface area contributed by atoms with Crippen molar-refractivity contribution in [1.29, 1.82) is 0 Å². The van der Waals surface area contributed by atoms with E-state index in [0.717, 1.165) is 41.6 Å². The number of hydrogen-bond acceptors (Lipinski definition) is 5. The summed E-state index contributed by atoms with van der Waals surface area (Å²) >= 11 is 0. The molecule has 1 aromatic heterocycles. The van der Waals surface area contributed by atoms with Crippen LogP contribution in [0.5, 0.6) is 0 Å². The molecule has 32 heavy (non-hydrogen) atoms. The first-order valence-electron chi connectivity index (χ1n) is 11.7. The van der Waals surface area contributed by atoms with Crippen LogP contribution < -0.4 is 5.46 Å². The van der Waals surface area contributed by atoms with Crippen LogP contribution in [0, 0.1) is 0 Å². The van der Waals surface area contributed by atoms with Gasteiger partial charge in [0.2, 0.25) is 0 Å². The number of aromatic nitrogens is 2. The predicted molar refractivity (Wildman–Crippen MR) is 126 cm³/mol. The van der Waals surface area contributed by atoms with Gasteiger partial charge in [-0.25, -0.2) is 9.78 Å². The number of amides is 1. The molecule has 0 radical (unpaired) electrons. The minimum atomic E-state index is -0.534. The van der Waals surface area contributed by atoms with E-state index in [2.05, 4.69) is 39.6 Å². The molecule has 4 rings (SSSR count). The number of nitrogens with one attached hydrogen (secondary N) is 1. The molecule has 3 heterocycles. The highest BCUT2D eigenvalue weighted by atomic mass is 16.7. The van der Waals surface area contributed by atoms with Gasteiger partial charge in [0.1, 0.15) is 11.4 Å². The number of aromatic amines is 1. The number of rotatable bonds is 3. The molecule has 1 aromatic carbocycles. The highest BCUT2D eigenvalue weighted by Crippen LogP contribution is 2.39. The Balaban J connectivity index is 1.62. The third-order valence-electron chi connectivity index (χ3n) is 6.94. The molecule has 1 unspecified atom stereocenters. The fourth-order valence-corrected chi connectivity index (χ4v) is 4.47. The van der Waals surface area contributed by atoms with Gasteiger partial charge in [0.15, 0.2) is 0 Å². The fraction of sp³-hybridized carbons (Fsp3) is 0.667. The number of hydrogen-bond donors (Lipinski definition) is 1. The molecular weight excluding hydrogens is 405 g/mol. The Morgan fingerprint density at radius 2 is 1.88 bits per heavy atom. The van der Waals surface area contributed by atoms with Crippen LogP contribution in [0.15, 0.2) is 18.2 Å². The van der Waals surface area contributed by atoms with Crippen LogP contribution in [0.1, 0.15) is 86.5 Å². The maximum Gasteiger partial charge on any atom is 0.494 e.